The lowest BCUT2D eigenvalue weighted by Crippen LogP contribution is -2.42. The van der Waals surface area contributed by atoms with Gasteiger partial charge in [-0.05, 0) is 42.8 Å². The van der Waals surface area contributed by atoms with Gasteiger partial charge in [-0.1, -0.05) is 29.8 Å². The summed E-state index contributed by atoms with van der Waals surface area (Å²) in [6, 6.07) is 14.2. The molecule has 2 aromatic carbocycles. The first-order chi connectivity index (χ1) is 10.9. The molecule has 0 saturated carbocycles. The van der Waals surface area contributed by atoms with Crippen LogP contribution in [0.15, 0.2) is 48.5 Å². The van der Waals surface area contributed by atoms with Crippen LogP contribution in [-0.4, -0.2) is 30.3 Å². The molecule has 0 aromatic heterocycles. The molecule has 2 rings (SSSR count). The molecule has 2 aromatic rings. The number of halogens is 1. The first kappa shape index (κ1) is 17.3. The molecule has 122 valence electrons. The fourth-order valence-corrected chi connectivity index (χ4v) is 2.44. The van der Waals surface area contributed by atoms with Gasteiger partial charge in [0.2, 0.25) is 0 Å². The van der Waals surface area contributed by atoms with Crippen LogP contribution in [0.25, 0.3) is 0 Å². The maximum absolute atomic E-state index is 12.1. The molecule has 0 fully saturated rings. The van der Waals surface area contributed by atoms with E-state index >= 15 is 0 Å². The highest BCUT2D eigenvalue weighted by atomic mass is 35.5. The first-order valence-corrected chi connectivity index (χ1v) is 7.66. The van der Waals surface area contributed by atoms with Crippen LogP contribution < -0.4 is 10.1 Å². The van der Waals surface area contributed by atoms with Gasteiger partial charge in [-0.3, -0.25) is 4.79 Å². The lowest BCUT2D eigenvalue weighted by molar-refractivity contribution is 0.0552. The van der Waals surface area contributed by atoms with Gasteiger partial charge in [-0.2, -0.15) is 0 Å². The quantitative estimate of drug-likeness (QED) is 0.854. The second kappa shape index (κ2) is 7.49. The van der Waals surface area contributed by atoms with Crippen LogP contribution in [0, 0.1) is 0 Å². The van der Waals surface area contributed by atoms with Crippen molar-refractivity contribution in [1.82, 2.24) is 5.32 Å². The number of aliphatic hydroxyl groups is 1. The Morgan fingerprint density at radius 1 is 1.26 bits per heavy atom. The zero-order valence-electron chi connectivity index (χ0n) is 13.2. The van der Waals surface area contributed by atoms with Crippen molar-refractivity contribution >= 4 is 17.5 Å². The smallest absolute Gasteiger partial charge is 0.251 e. The minimum atomic E-state index is -1.05. The summed E-state index contributed by atoms with van der Waals surface area (Å²) in [4.78, 5) is 12.1. The zero-order chi connectivity index (χ0) is 16.9. The Bertz CT molecular complexity index is 668. The van der Waals surface area contributed by atoms with E-state index in [1.165, 1.54) is 0 Å². The number of rotatable bonds is 6. The Kier molecular flexibility index (Phi) is 5.64. The Morgan fingerprint density at radius 3 is 2.57 bits per heavy atom. The molecule has 0 aliphatic rings. The fraction of sp³-hybridized carbons (Fsp3) is 0.278. The van der Waals surface area contributed by atoms with Crippen molar-refractivity contribution in [2.45, 2.75) is 18.9 Å². The van der Waals surface area contributed by atoms with E-state index in [9.17, 15) is 9.90 Å². The Labute approximate surface area is 141 Å². The van der Waals surface area contributed by atoms with Crippen LogP contribution in [0.2, 0.25) is 5.02 Å². The van der Waals surface area contributed by atoms with E-state index in [-0.39, 0.29) is 12.5 Å². The molecule has 0 spiro atoms. The summed E-state index contributed by atoms with van der Waals surface area (Å²) < 4.78 is 5.11. The molecule has 4 nitrogen and oxygen atoms in total. The predicted octanol–water partition coefficient (Wildman–Crippen LogP) is 3.07. The van der Waals surface area contributed by atoms with Crippen molar-refractivity contribution in [2.75, 3.05) is 13.7 Å². The van der Waals surface area contributed by atoms with Gasteiger partial charge < -0.3 is 15.2 Å². The molecule has 5 heteroatoms. The molecule has 0 heterocycles. The summed E-state index contributed by atoms with van der Waals surface area (Å²) in [7, 11) is 1.61. The van der Waals surface area contributed by atoms with Gasteiger partial charge in [0, 0.05) is 23.6 Å². The van der Waals surface area contributed by atoms with Crippen LogP contribution in [0.3, 0.4) is 0 Å². The molecule has 1 atom stereocenters. The van der Waals surface area contributed by atoms with Gasteiger partial charge in [-0.15, -0.1) is 0 Å². The minimum Gasteiger partial charge on any atom is -0.497 e. The Hall–Kier alpha value is -2.04. The van der Waals surface area contributed by atoms with Gasteiger partial charge in [0.05, 0.1) is 12.7 Å². The van der Waals surface area contributed by atoms with E-state index in [2.05, 4.69) is 5.32 Å². The standard InChI is InChI=1S/C18H20ClNO3/c1-18(22,11-13-6-8-16(23-2)9-7-13)12-20-17(21)14-4-3-5-15(19)10-14/h3-10,22H,11-12H2,1-2H3,(H,20,21)/t18-/m1/s1. The van der Waals surface area contributed by atoms with Crippen molar-refractivity contribution in [2.24, 2.45) is 0 Å². The third kappa shape index (κ3) is 5.27. The van der Waals surface area contributed by atoms with E-state index in [1.54, 1.807) is 38.3 Å². The number of hydrogen-bond donors (Lipinski definition) is 2. The number of carbonyl (C=O) groups excluding carboxylic acids is 1. The molecule has 23 heavy (non-hydrogen) atoms. The predicted molar refractivity (Wildman–Crippen MR) is 91.1 cm³/mol. The molecular formula is C18H20ClNO3. The second-order valence-electron chi connectivity index (χ2n) is 5.71. The third-order valence-corrected chi connectivity index (χ3v) is 3.70. The topological polar surface area (TPSA) is 58.6 Å². The SMILES string of the molecule is COc1ccc(C[C@@](C)(O)CNC(=O)c2cccc(Cl)c2)cc1. The van der Waals surface area contributed by atoms with Crippen molar-refractivity contribution < 1.29 is 14.6 Å². The van der Waals surface area contributed by atoms with Gasteiger partial charge in [-0.25, -0.2) is 0 Å². The number of nitrogens with one attached hydrogen (secondary N) is 1. The minimum absolute atomic E-state index is 0.143. The molecule has 2 N–H and O–H groups in total. The van der Waals surface area contributed by atoms with Crippen LogP contribution >= 0.6 is 11.6 Å². The molecule has 0 aliphatic heterocycles. The van der Waals surface area contributed by atoms with Crippen molar-refractivity contribution in [1.29, 1.82) is 0 Å². The number of methoxy groups -OCH3 is 1. The fourth-order valence-electron chi connectivity index (χ4n) is 2.25. The monoisotopic (exact) mass is 333 g/mol. The molecule has 0 radical (unpaired) electrons. The zero-order valence-corrected chi connectivity index (χ0v) is 13.9. The number of ether oxygens (including phenoxy) is 1. The first-order valence-electron chi connectivity index (χ1n) is 7.29. The summed E-state index contributed by atoms with van der Waals surface area (Å²) in [5.41, 5.74) is 0.383. The lowest BCUT2D eigenvalue weighted by atomic mass is 9.96. The van der Waals surface area contributed by atoms with Gasteiger partial charge in [0.25, 0.3) is 5.91 Å². The van der Waals surface area contributed by atoms with Gasteiger partial charge in [0.1, 0.15) is 5.75 Å². The molecule has 0 bridgehead atoms. The average molecular weight is 334 g/mol. The largest absolute Gasteiger partial charge is 0.497 e. The molecular weight excluding hydrogens is 314 g/mol. The van der Waals surface area contributed by atoms with Gasteiger partial charge in [0.15, 0.2) is 0 Å². The Morgan fingerprint density at radius 2 is 1.96 bits per heavy atom. The van der Waals surface area contributed by atoms with Crippen LogP contribution in [-0.2, 0) is 6.42 Å². The maximum atomic E-state index is 12.1. The third-order valence-electron chi connectivity index (χ3n) is 3.46. The summed E-state index contributed by atoms with van der Waals surface area (Å²) in [6.45, 7) is 1.83. The molecule has 0 unspecified atom stereocenters. The highest BCUT2D eigenvalue weighted by Gasteiger charge is 2.22. The molecule has 1 amide bonds. The summed E-state index contributed by atoms with van der Waals surface area (Å²) in [5.74, 6) is 0.505. The summed E-state index contributed by atoms with van der Waals surface area (Å²) >= 11 is 5.87. The van der Waals surface area contributed by atoms with Crippen molar-refractivity contribution in [3.8, 4) is 5.75 Å². The van der Waals surface area contributed by atoms with Crippen molar-refractivity contribution in [3.63, 3.8) is 0 Å². The van der Waals surface area contributed by atoms with E-state index < -0.39 is 5.60 Å². The van der Waals surface area contributed by atoms with E-state index in [4.69, 9.17) is 16.3 Å². The van der Waals surface area contributed by atoms with E-state index in [0.29, 0.717) is 17.0 Å². The number of benzene rings is 2. The van der Waals surface area contributed by atoms with Crippen LogP contribution in [0.4, 0.5) is 0 Å². The number of amides is 1. The summed E-state index contributed by atoms with van der Waals surface area (Å²) in [5, 5.41) is 13.7. The second-order valence-corrected chi connectivity index (χ2v) is 6.15. The number of hydrogen-bond acceptors (Lipinski definition) is 3. The molecule has 0 aliphatic carbocycles. The highest BCUT2D eigenvalue weighted by Crippen LogP contribution is 2.17. The molecule has 0 saturated heterocycles. The summed E-state index contributed by atoms with van der Waals surface area (Å²) in [6.07, 6.45) is 0.423. The lowest BCUT2D eigenvalue weighted by Gasteiger charge is -2.24. The number of carbonyl (C=O) groups is 1. The Balaban J connectivity index is 1.93. The van der Waals surface area contributed by atoms with Crippen molar-refractivity contribution in [3.05, 3.63) is 64.7 Å². The highest BCUT2D eigenvalue weighted by molar-refractivity contribution is 6.30. The van der Waals surface area contributed by atoms with Crippen LogP contribution in [0.5, 0.6) is 5.75 Å². The van der Waals surface area contributed by atoms with Crippen LogP contribution in [0.1, 0.15) is 22.8 Å². The maximum Gasteiger partial charge on any atom is 0.251 e. The average Bonchev–Trinajstić information content (AvgIpc) is 2.53. The van der Waals surface area contributed by atoms with Gasteiger partial charge >= 0.3 is 0 Å². The van der Waals surface area contributed by atoms with E-state index in [0.717, 1.165) is 11.3 Å². The normalized spacial score (nSPS) is 13.2. The van der Waals surface area contributed by atoms with E-state index in [1.807, 2.05) is 24.3 Å².